The molecule has 1 aliphatic rings. The van der Waals surface area contributed by atoms with Gasteiger partial charge in [-0.25, -0.2) is 0 Å². The van der Waals surface area contributed by atoms with Gasteiger partial charge in [-0.3, -0.25) is 0 Å². The monoisotopic (exact) mass is 225 g/mol. The minimum Gasteiger partial charge on any atom is -0.369 e. The Labute approximate surface area is 95.6 Å². The second-order valence-corrected chi connectivity index (χ2v) is 5.57. The van der Waals surface area contributed by atoms with E-state index in [1.807, 2.05) is 0 Å². The molecule has 0 amide bonds. The van der Waals surface area contributed by atoms with Gasteiger partial charge in [-0.05, 0) is 31.7 Å². The number of thiophene rings is 1. The third kappa shape index (κ3) is 2.25. The van der Waals surface area contributed by atoms with Gasteiger partial charge >= 0.3 is 0 Å². The third-order valence-corrected chi connectivity index (χ3v) is 4.15. The van der Waals surface area contributed by atoms with Gasteiger partial charge in [0.2, 0.25) is 0 Å². The summed E-state index contributed by atoms with van der Waals surface area (Å²) in [6.45, 7) is 7.44. The lowest BCUT2D eigenvalue weighted by atomic mass is 9.94. The van der Waals surface area contributed by atoms with Gasteiger partial charge in [0.1, 0.15) is 6.10 Å². The molecule has 1 N–H and O–H groups in total. The van der Waals surface area contributed by atoms with Crippen molar-refractivity contribution in [3.63, 3.8) is 0 Å². The van der Waals surface area contributed by atoms with Crippen molar-refractivity contribution >= 4 is 11.3 Å². The van der Waals surface area contributed by atoms with E-state index >= 15 is 0 Å². The van der Waals surface area contributed by atoms with Gasteiger partial charge < -0.3 is 10.1 Å². The molecule has 84 valence electrons. The summed E-state index contributed by atoms with van der Waals surface area (Å²) < 4.78 is 5.99. The summed E-state index contributed by atoms with van der Waals surface area (Å²) in [6.07, 6.45) is 1.33. The van der Waals surface area contributed by atoms with E-state index in [2.05, 4.69) is 43.6 Å². The van der Waals surface area contributed by atoms with E-state index in [9.17, 15) is 0 Å². The van der Waals surface area contributed by atoms with Crippen molar-refractivity contribution in [2.24, 2.45) is 0 Å². The highest BCUT2D eigenvalue weighted by molar-refractivity contribution is 7.10. The molecule has 0 aliphatic carbocycles. The molecular weight excluding hydrogens is 206 g/mol. The molecule has 1 aromatic heterocycles. The normalized spacial score (nSPS) is 36.7. The minimum absolute atomic E-state index is 0.146. The molecule has 1 fully saturated rings. The zero-order valence-electron chi connectivity index (χ0n) is 9.62. The molecule has 2 heterocycles. The lowest BCUT2D eigenvalue weighted by molar-refractivity contribution is -0.0544. The molecule has 2 rings (SSSR count). The average Bonchev–Trinajstić information content (AvgIpc) is 2.71. The van der Waals surface area contributed by atoms with E-state index < -0.39 is 0 Å². The molecule has 15 heavy (non-hydrogen) atoms. The minimum atomic E-state index is 0.146. The first-order valence-corrected chi connectivity index (χ1v) is 6.45. The van der Waals surface area contributed by atoms with Crippen molar-refractivity contribution in [3.8, 4) is 0 Å². The Hall–Kier alpha value is -0.380. The van der Waals surface area contributed by atoms with Crippen molar-refractivity contribution < 1.29 is 4.74 Å². The molecule has 0 bridgehead atoms. The predicted octanol–water partition coefficient (Wildman–Crippen LogP) is 2.97. The molecule has 2 nitrogen and oxygen atoms in total. The van der Waals surface area contributed by atoms with E-state index in [0.29, 0.717) is 6.04 Å². The topological polar surface area (TPSA) is 21.3 Å². The van der Waals surface area contributed by atoms with E-state index in [-0.39, 0.29) is 11.6 Å². The highest BCUT2D eigenvalue weighted by atomic mass is 32.1. The zero-order chi connectivity index (χ0) is 10.9. The van der Waals surface area contributed by atoms with Crippen LogP contribution in [0.3, 0.4) is 0 Å². The van der Waals surface area contributed by atoms with Crippen molar-refractivity contribution in [2.45, 2.75) is 44.9 Å². The molecule has 3 unspecified atom stereocenters. The van der Waals surface area contributed by atoms with Crippen LogP contribution in [0.15, 0.2) is 17.5 Å². The van der Waals surface area contributed by atoms with E-state index in [1.165, 1.54) is 4.88 Å². The summed E-state index contributed by atoms with van der Waals surface area (Å²) in [5.41, 5.74) is 0.146. The van der Waals surface area contributed by atoms with E-state index in [1.54, 1.807) is 11.3 Å². The van der Waals surface area contributed by atoms with Crippen LogP contribution in [0.5, 0.6) is 0 Å². The molecule has 3 atom stereocenters. The molecular formula is C12H19NOS. The van der Waals surface area contributed by atoms with Crippen LogP contribution in [0.4, 0.5) is 0 Å². The van der Waals surface area contributed by atoms with Gasteiger partial charge in [0.25, 0.3) is 0 Å². The SMILES string of the molecule is CCC1(C)COC(c2cccs2)C(C)N1. The molecule has 1 aromatic rings. The van der Waals surface area contributed by atoms with Crippen LogP contribution in [0.2, 0.25) is 0 Å². The fourth-order valence-electron chi connectivity index (χ4n) is 2.07. The summed E-state index contributed by atoms with van der Waals surface area (Å²) >= 11 is 1.78. The molecule has 1 aliphatic heterocycles. The lowest BCUT2D eigenvalue weighted by Crippen LogP contribution is -2.56. The van der Waals surface area contributed by atoms with Crippen LogP contribution in [0.1, 0.15) is 38.2 Å². The highest BCUT2D eigenvalue weighted by Crippen LogP contribution is 2.31. The maximum Gasteiger partial charge on any atom is 0.107 e. The quantitative estimate of drug-likeness (QED) is 0.835. The number of rotatable bonds is 2. The first-order valence-electron chi connectivity index (χ1n) is 5.57. The first-order chi connectivity index (χ1) is 7.14. The van der Waals surface area contributed by atoms with Crippen LogP contribution in [-0.2, 0) is 4.74 Å². The lowest BCUT2D eigenvalue weighted by Gasteiger charge is -2.42. The first kappa shape index (κ1) is 11.1. The second-order valence-electron chi connectivity index (χ2n) is 4.59. The van der Waals surface area contributed by atoms with Crippen molar-refractivity contribution in [2.75, 3.05) is 6.61 Å². The van der Waals surface area contributed by atoms with Crippen molar-refractivity contribution in [1.82, 2.24) is 5.32 Å². The number of morpholine rings is 1. The summed E-state index contributed by atoms with van der Waals surface area (Å²) in [5, 5.41) is 5.77. The molecule has 0 radical (unpaired) electrons. The van der Waals surface area contributed by atoms with Crippen molar-refractivity contribution in [3.05, 3.63) is 22.4 Å². The van der Waals surface area contributed by atoms with Gasteiger partial charge in [-0.2, -0.15) is 0 Å². The number of ether oxygens (including phenoxy) is 1. The van der Waals surface area contributed by atoms with Gasteiger partial charge in [0.05, 0.1) is 6.61 Å². The Bertz CT molecular complexity index is 311. The average molecular weight is 225 g/mol. The summed E-state index contributed by atoms with van der Waals surface area (Å²) in [4.78, 5) is 1.33. The van der Waals surface area contributed by atoms with Crippen LogP contribution in [0, 0.1) is 0 Å². The number of hydrogen-bond acceptors (Lipinski definition) is 3. The summed E-state index contributed by atoms with van der Waals surface area (Å²) in [5.74, 6) is 0. The van der Waals surface area contributed by atoms with Crippen LogP contribution in [-0.4, -0.2) is 18.2 Å². The highest BCUT2D eigenvalue weighted by Gasteiger charge is 2.35. The molecule has 3 heteroatoms. The standard InChI is InChI=1S/C12H19NOS/c1-4-12(3)8-14-11(9(2)13-12)10-6-5-7-15-10/h5-7,9,11,13H,4,8H2,1-3H3. The zero-order valence-corrected chi connectivity index (χ0v) is 10.4. The van der Waals surface area contributed by atoms with E-state index in [0.717, 1.165) is 13.0 Å². The molecule has 1 saturated heterocycles. The maximum absolute atomic E-state index is 5.99. The summed E-state index contributed by atoms with van der Waals surface area (Å²) in [7, 11) is 0. The predicted molar refractivity (Wildman–Crippen MR) is 64.3 cm³/mol. The molecule has 0 spiro atoms. The largest absolute Gasteiger partial charge is 0.369 e. The molecule has 0 aromatic carbocycles. The van der Waals surface area contributed by atoms with Gasteiger partial charge in [-0.15, -0.1) is 11.3 Å². The van der Waals surface area contributed by atoms with Gasteiger partial charge in [-0.1, -0.05) is 13.0 Å². The Kier molecular flexibility index (Phi) is 3.14. The number of nitrogens with one attached hydrogen (secondary N) is 1. The fraction of sp³-hybridized carbons (Fsp3) is 0.667. The van der Waals surface area contributed by atoms with Crippen LogP contribution >= 0.6 is 11.3 Å². The Morgan fingerprint density at radius 2 is 2.47 bits per heavy atom. The summed E-state index contributed by atoms with van der Waals surface area (Å²) in [6, 6.07) is 4.63. The Morgan fingerprint density at radius 1 is 1.67 bits per heavy atom. The van der Waals surface area contributed by atoms with Crippen LogP contribution in [0.25, 0.3) is 0 Å². The maximum atomic E-state index is 5.99. The van der Waals surface area contributed by atoms with Gasteiger partial charge in [0, 0.05) is 16.5 Å². The Morgan fingerprint density at radius 3 is 3.00 bits per heavy atom. The van der Waals surface area contributed by atoms with Crippen molar-refractivity contribution in [1.29, 1.82) is 0 Å². The Balaban J connectivity index is 2.08. The number of hydrogen-bond donors (Lipinski definition) is 1. The fourth-order valence-corrected chi connectivity index (χ4v) is 2.95. The third-order valence-electron chi connectivity index (χ3n) is 3.22. The van der Waals surface area contributed by atoms with Gasteiger partial charge in [0.15, 0.2) is 0 Å². The molecule has 0 saturated carbocycles. The smallest absolute Gasteiger partial charge is 0.107 e. The van der Waals surface area contributed by atoms with E-state index in [4.69, 9.17) is 4.74 Å². The second kappa shape index (κ2) is 4.24. The van der Waals surface area contributed by atoms with Crippen LogP contribution < -0.4 is 5.32 Å².